The average Bonchev–Trinajstić information content (AvgIpc) is 1.92. The van der Waals surface area contributed by atoms with Gasteiger partial charge in [0.25, 0.3) is 0 Å². The van der Waals surface area contributed by atoms with Crippen molar-refractivity contribution in [1.82, 2.24) is 9.80 Å². The lowest BCUT2D eigenvalue weighted by Crippen LogP contribution is -2.64. The number of nitrogens with zero attached hydrogens (tertiary/aromatic N) is 2. The van der Waals surface area contributed by atoms with Crippen molar-refractivity contribution >= 4 is 6.03 Å². The largest absolute Gasteiger partial charge is 0.331 e. The van der Waals surface area contributed by atoms with Gasteiger partial charge < -0.3 is 9.80 Å². The van der Waals surface area contributed by atoms with E-state index in [1.807, 2.05) is 19.0 Å². The van der Waals surface area contributed by atoms with Gasteiger partial charge in [-0.25, -0.2) is 4.79 Å². The molecule has 1 aliphatic heterocycles. The summed E-state index contributed by atoms with van der Waals surface area (Å²) in [6, 6.07) is 0.171. The van der Waals surface area contributed by atoms with E-state index in [9.17, 15) is 4.79 Å². The van der Waals surface area contributed by atoms with Crippen molar-refractivity contribution in [3.8, 4) is 0 Å². The summed E-state index contributed by atoms with van der Waals surface area (Å²) in [5.41, 5.74) is 0.533. The minimum Gasteiger partial charge on any atom is -0.331 e. The van der Waals surface area contributed by atoms with Crippen LogP contribution in [0.25, 0.3) is 0 Å². The van der Waals surface area contributed by atoms with E-state index in [-0.39, 0.29) is 6.03 Å². The Morgan fingerprint density at radius 1 is 1.38 bits per heavy atom. The monoisotopic (exact) mass is 182 g/mol. The van der Waals surface area contributed by atoms with Crippen molar-refractivity contribution < 1.29 is 4.79 Å². The molecule has 1 saturated heterocycles. The number of carbonyl (C=O) groups is 1. The Bertz CT molecular complexity index is 223. The highest BCUT2D eigenvalue weighted by atomic mass is 16.2. The zero-order valence-electron chi connectivity index (χ0n) is 8.71. The van der Waals surface area contributed by atoms with Crippen molar-refractivity contribution in [2.45, 2.75) is 19.8 Å². The van der Waals surface area contributed by atoms with E-state index in [0.29, 0.717) is 5.41 Å². The van der Waals surface area contributed by atoms with Crippen LogP contribution in [0.4, 0.5) is 4.79 Å². The van der Waals surface area contributed by atoms with Gasteiger partial charge in [-0.05, 0) is 18.8 Å². The van der Waals surface area contributed by atoms with Crippen LogP contribution in [0.1, 0.15) is 19.8 Å². The molecule has 0 aromatic heterocycles. The van der Waals surface area contributed by atoms with Crippen molar-refractivity contribution in [2.24, 2.45) is 11.3 Å². The Hall–Kier alpha value is -0.730. The van der Waals surface area contributed by atoms with E-state index >= 15 is 0 Å². The summed E-state index contributed by atoms with van der Waals surface area (Å²) in [5, 5.41) is 0. The normalized spacial score (nSPS) is 25.3. The van der Waals surface area contributed by atoms with Gasteiger partial charge in [-0.3, -0.25) is 0 Å². The van der Waals surface area contributed by atoms with Crippen LogP contribution in [-0.2, 0) is 0 Å². The molecule has 0 bridgehead atoms. The zero-order chi connectivity index (χ0) is 9.64. The number of hydrogen-bond donors (Lipinski definition) is 0. The Morgan fingerprint density at radius 2 is 1.92 bits per heavy atom. The van der Waals surface area contributed by atoms with Crippen molar-refractivity contribution in [3.05, 3.63) is 0 Å². The van der Waals surface area contributed by atoms with E-state index in [1.165, 1.54) is 12.8 Å². The molecule has 3 nitrogen and oxygen atoms in total. The van der Waals surface area contributed by atoms with Crippen molar-refractivity contribution in [2.75, 3.05) is 27.2 Å². The number of likely N-dealkylation sites (tertiary alicyclic amines) is 1. The molecule has 0 N–H and O–H groups in total. The molecule has 0 aromatic rings. The summed E-state index contributed by atoms with van der Waals surface area (Å²) in [6.07, 6.45) is 2.65. The zero-order valence-corrected chi connectivity index (χ0v) is 8.71. The smallest absolute Gasteiger partial charge is 0.319 e. The molecule has 1 heterocycles. The highest BCUT2D eigenvalue weighted by Gasteiger charge is 2.52. The van der Waals surface area contributed by atoms with Crippen LogP contribution in [0.15, 0.2) is 0 Å². The maximum Gasteiger partial charge on any atom is 0.319 e. The van der Waals surface area contributed by atoms with Gasteiger partial charge in [0, 0.05) is 32.6 Å². The second-order valence-corrected chi connectivity index (χ2v) is 5.05. The Labute approximate surface area is 79.7 Å². The lowest BCUT2D eigenvalue weighted by Gasteiger charge is -2.58. The van der Waals surface area contributed by atoms with Crippen molar-refractivity contribution in [3.63, 3.8) is 0 Å². The molecule has 0 unspecified atom stereocenters. The summed E-state index contributed by atoms with van der Waals surface area (Å²) in [4.78, 5) is 15.1. The maximum absolute atomic E-state index is 11.5. The summed E-state index contributed by atoms with van der Waals surface area (Å²) >= 11 is 0. The Balaban J connectivity index is 1.82. The fourth-order valence-electron chi connectivity index (χ4n) is 2.86. The van der Waals surface area contributed by atoms with Crippen LogP contribution >= 0.6 is 0 Å². The van der Waals surface area contributed by atoms with Gasteiger partial charge in [0.05, 0.1) is 0 Å². The lowest BCUT2D eigenvalue weighted by molar-refractivity contribution is -0.0692. The third kappa shape index (κ3) is 1.30. The third-order valence-electron chi connectivity index (χ3n) is 3.27. The first-order valence-corrected chi connectivity index (χ1v) is 4.99. The lowest BCUT2D eigenvalue weighted by atomic mass is 9.58. The van der Waals surface area contributed by atoms with Crippen LogP contribution < -0.4 is 0 Å². The van der Waals surface area contributed by atoms with Crippen LogP contribution in [-0.4, -0.2) is 43.0 Å². The SMILES string of the molecule is CC1CC2(C1)CN(C(=O)N(C)C)C2. The molecule has 1 saturated carbocycles. The van der Waals surface area contributed by atoms with Gasteiger partial charge in [-0.15, -0.1) is 0 Å². The fraction of sp³-hybridized carbons (Fsp3) is 0.900. The minimum atomic E-state index is 0.171. The Morgan fingerprint density at radius 3 is 2.31 bits per heavy atom. The van der Waals surface area contributed by atoms with E-state index < -0.39 is 0 Å². The highest BCUT2D eigenvalue weighted by molar-refractivity contribution is 5.75. The quantitative estimate of drug-likeness (QED) is 0.555. The van der Waals surface area contributed by atoms with Gasteiger partial charge in [-0.1, -0.05) is 6.92 Å². The first-order valence-electron chi connectivity index (χ1n) is 4.99. The molecule has 0 aromatic carbocycles. The predicted octanol–water partition coefficient (Wildman–Crippen LogP) is 1.40. The minimum absolute atomic E-state index is 0.171. The molecule has 74 valence electrons. The van der Waals surface area contributed by atoms with Gasteiger partial charge in [-0.2, -0.15) is 0 Å². The van der Waals surface area contributed by atoms with Gasteiger partial charge in [0.2, 0.25) is 0 Å². The number of urea groups is 1. The molecule has 0 atom stereocenters. The van der Waals surface area contributed by atoms with E-state index in [1.54, 1.807) is 4.90 Å². The van der Waals surface area contributed by atoms with E-state index in [2.05, 4.69) is 6.92 Å². The maximum atomic E-state index is 11.5. The summed E-state index contributed by atoms with van der Waals surface area (Å²) in [6.45, 7) is 4.28. The summed E-state index contributed by atoms with van der Waals surface area (Å²) < 4.78 is 0. The molecule has 13 heavy (non-hydrogen) atoms. The van der Waals surface area contributed by atoms with E-state index in [0.717, 1.165) is 19.0 Å². The average molecular weight is 182 g/mol. The topological polar surface area (TPSA) is 23.6 Å². The molecular weight excluding hydrogens is 164 g/mol. The molecule has 1 spiro atoms. The fourth-order valence-corrected chi connectivity index (χ4v) is 2.86. The molecule has 2 fully saturated rings. The number of rotatable bonds is 0. The highest BCUT2D eigenvalue weighted by Crippen LogP contribution is 2.51. The molecule has 3 heteroatoms. The third-order valence-corrected chi connectivity index (χ3v) is 3.27. The number of carbonyl (C=O) groups excluding carboxylic acids is 1. The van der Waals surface area contributed by atoms with Crippen LogP contribution in [0, 0.1) is 11.3 Å². The molecule has 0 radical (unpaired) electrons. The van der Waals surface area contributed by atoms with E-state index in [4.69, 9.17) is 0 Å². The van der Waals surface area contributed by atoms with Crippen LogP contribution in [0.5, 0.6) is 0 Å². The second kappa shape index (κ2) is 2.63. The predicted molar refractivity (Wildman–Crippen MR) is 51.5 cm³/mol. The summed E-state index contributed by atoms with van der Waals surface area (Å²) in [7, 11) is 3.63. The standard InChI is InChI=1S/C10H18N2O/c1-8-4-10(5-8)6-12(7-10)9(13)11(2)3/h8H,4-7H2,1-3H3. The first kappa shape index (κ1) is 8.85. The van der Waals surface area contributed by atoms with Crippen LogP contribution in [0.3, 0.4) is 0 Å². The van der Waals surface area contributed by atoms with Gasteiger partial charge in [0.1, 0.15) is 0 Å². The van der Waals surface area contributed by atoms with Crippen molar-refractivity contribution in [1.29, 1.82) is 0 Å². The molecular formula is C10H18N2O. The van der Waals surface area contributed by atoms with Crippen LogP contribution in [0.2, 0.25) is 0 Å². The van der Waals surface area contributed by atoms with Gasteiger partial charge in [0.15, 0.2) is 0 Å². The molecule has 2 aliphatic rings. The number of amides is 2. The first-order chi connectivity index (χ1) is 6.02. The number of hydrogen-bond acceptors (Lipinski definition) is 1. The molecule has 1 aliphatic carbocycles. The second-order valence-electron chi connectivity index (χ2n) is 5.05. The Kier molecular flexibility index (Phi) is 1.79. The van der Waals surface area contributed by atoms with Gasteiger partial charge >= 0.3 is 6.03 Å². The molecule has 2 rings (SSSR count). The molecule has 2 amide bonds. The summed E-state index contributed by atoms with van der Waals surface area (Å²) in [5.74, 6) is 0.886.